The van der Waals surface area contributed by atoms with Crippen molar-refractivity contribution in [3.8, 4) is 0 Å². The Kier molecular flexibility index (Phi) is 8.03. The smallest absolute Gasteiger partial charge is 0.355 e. The van der Waals surface area contributed by atoms with Gasteiger partial charge in [0.05, 0.1) is 11.6 Å². The zero-order valence-electron chi connectivity index (χ0n) is 13.7. The van der Waals surface area contributed by atoms with Crippen molar-refractivity contribution in [1.29, 1.82) is 0 Å². The van der Waals surface area contributed by atoms with Crippen LogP contribution in [0.5, 0.6) is 0 Å². The quantitative estimate of drug-likeness (QED) is 0.832. The number of carbonyl (C=O) groups excluding carboxylic acids is 1. The first-order valence-corrected chi connectivity index (χ1v) is 8.06. The normalized spacial score (nSPS) is 19.2. The summed E-state index contributed by atoms with van der Waals surface area (Å²) >= 11 is 0. The van der Waals surface area contributed by atoms with Gasteiger partial charge in [-0.15, -0.1) is 12.4 Å². The molecule has 2 N–H and O–H groups in total. The number of alkyl halides is 3. The second kappa shape index (κ2) is 9.28. The Morgan fingerprint density at radius 3 is 2.75 bits per heavy atom. The van der Waals surface area contributed by atoms with Crippen LogP contribution in [0.1, 0.15) is 49.7 Å². The van der Waals surface area contributed by atoms with Crippen molar-refractivity contribution >= 4 is 18.3 Å². The Morgan fingerprint density at radius 1 is 1.38 bits per heavy atom. The molecule has 1 heterocycles. The number of nitrogens with one attached hydrogen (secondary N) is 2. The highest BCUT2D eigenvalue weighted by molar-refractivity contribution is 5.85. The number of hydrogen-bond donors (Lipinski definition) is 2. The van der Waals surface area contributed by atoms with Crippen molar-refractivity contribution in [1.82, 2.24) is 10.6 Å². The largest absolute Gasteiger partial charge is 0.416 e. The summed E-state index contributed by atoms with van der Waals surface area (Å²) in [6, 6.07) is 5.26. The van der Waals surface area contributed by atoms with Gasteiger partial charge in [0.25, 0.3) is 0 Å². The molecule has 1 aliphatic heterocycles. The van der Waals surface area contributed by atoms with Crippen LogP contribution in [0.2, 0.25) is 0 Å². The fraction of sp³-hybridized carbons (Fsp3) is 0.588. The van der Waals surface area contributed by atoms with Crippen LogP contribution in [0.15, 0.2) is 24.3 Å². The number of carbonyl (C=O) groups is 1. The fourth-order valence-electron chi connectivity index (χ4n) is 2.80. The Balaban J connectivity index is 0.00000288. The summed E-state index contributed by atoms with van der Waals surface area (Å²) < 4.78 is 38.2. The van der Waals surface area contributed by atoms with Crippen LogP contribution < -0.4 is 10.6 Å². The van der Waals surface area contributed by atoms with E-state index in [4.69, 9.17) is 0 Å². The Bertz CT molecular complexity index is 531. The van der Waals surface area contributed by atoms with E-state index in [2.05, 4.69) is 10.6 Å². The molecule has 0 radical (unpaired) electrons. The lowest BCUT2D eigenvalue weighted by Crippen LogP contribution is -2.46. The van der Waals surface area contributed by atoms with Crippen LogP contribution in [0.4, 0.5) is 13.2 Å². The van der Waals surface area contributed by atoms with E-state index in [1.54, 1.807) is 6.07 Å². The molecule has 1 aliphatic rings. The summed E-state index contributed by atoms with van der Waals surface area (Å²) in [5.41, 5.74) is 0.0159. The van der Waals surface area contributed by atoms with Gasteiger partial charge in [0, 0.05) is 6.54 Å². The first-order chi connectivity index (χ1) is 10.9. The number of amides is 1. The molecule has 0 bridgehead atoms. The topological polar surface area (TPSA) is 41.1 Å². The van der Waals surface area contributed by atoms with Gasteiger partial charge in [-0.3, -0.25) is 4.79 Å². The third-order valence-electron chi connectivity index (χ3n) is 4.29. The van der Waals surface area contributed by atoms with Gasteiger partial charge in [-0.2, -0.15) is 13.2 Å². The monoisotopic (exact) mass is 364 g/mol. The molecule has 0 spiro atoms. The van der Waals surface area contributed by atoms with Crippen LogP contribution in [-0.4, -0.2) is 25.0 Å². The van der Waals surface area contributed by atoms with Gasteiger partial charge >= 0.3 is 6.18 Å². The molecule has 0 aliphatic carbocycles. The van der Waals surface area contributed by atoms with Gasteiger partial charge in [0.2, 0.25) is 5.91 Å². The summed E-state index contributed by atoms with van der Waals surface area (Å²) in [5, 5.41) is 6.05. The van der Waals surface area contributed by atoms with Crippen molar-refractivity contribution in [2.24, 2.45) is 0 Å². The lowest BCUT2D eigenvalue weighted by molar-refractivity contribution is -0.137. The molecule has 1 aromatic rings. The minimum absolute atomic E-state index is 0. The van der Waals surface area contributed by atoms with Crippen LogP contribution in [-0.2, 0) is 11.0 Å². The van der Waals surface area contributed by atoms with Crippen molar-refractivity contribution in [3.63, 3.8) is 0 Å². The van der Waals surface area contributed by atoms with E-state index in [9.17, 15) is 18.0 Å². The Labute approximate surface area is 146 Å². The van der Waals surface area contributed by atoms with E-state index in [1.165, 1.54) is 12.1 Å². The number of hydrogen-bond acceptors (Lipinski definition) is 2. The summed E-state index contributed by atoms with van der Waals surface area (Å²) in [4.78, 5) is 12.0. The van der Waals surface area contributed by atoms with Gasteiger partial charge in [-0.05, 0) is 43.4 Å². The first kappa shape index (κ1) is 20.8. The lowest BCUT2D eigenvalue weighted by atomic mass is 9.96. The van der Waals surface area contributed by atoms with Crippen LogP contribution in [0.3, 0.4) is 0 Å². The second-order valence-corrected chi connectivity index (χ2v) is 6.11. The van der Waals surface area contributed by atoms with Crippen LogP contribution in [0.25, 0.3) is 0 Å². The molecular weight excluding hydrogens is 341 g/mol. The first-order valence-electron chi connectivity index (χ1n) is 8.06. The minimum atomic E-state index is -4.32. The molecule has 24 heavy (non-hydrogen) atoms. The summed E-state index contributed by atoms with van der Waals surface area (Å²) in [5.74, 6) is -0.0575. The van der Waals surface area contributed by atoms with E-state index in [-0.39, 0.29) is 30.3 Å². The maximum absolute atomic E-state index is 12.7. The lowest BCUT2D eigenvalue weighted by Gasteiger charge is -2.23. The third kappa shape index (κ3) is 5.98. The zero-order chi connectivity index (χ0) is 16.9. The third-order valence-corrected chi connectivity index (χ3v) is 4.29. The SMILES string of the molecule is CC(CCNC(=O)C1CCCCN1)c1cccc(C(F)(F)F)c1.Cl. The fourth-order valence-corrected chi connectivity index (χ4v) is 2.80. The Morgan fingerprint density at radius 2 is 2.12 bits per heavy atom. The van der Waals surface area contributed by atoms with Gasteiger partial charge in [-0.25, -0.2) is 0 Å². The van der Waals surface area contributed by atoms with Crippen molar-refractivity contribution < 1.29 is 18.0 Å². The molecule has 1 saturated heterocycles. The molecule has 3 nitrogen and oxygen atoms in total. The maximum atomic E-state index is 12.7. The highest BCUT2D eigenvalue weighted by atomic mass is 35.5. The number of halogens is 4. The van der Waals surface area contributed by atoms with E-state index in [0.717, 1.165) is 31.9 Å². The molecular formula is C17H24ClF3N2O. The second-order valence-electron chi connectivity index (χ2n) is 6.11. The van der Waals surface area contributed by atoms with E-state index in [0.29, 0.717) is 18.5 Å². The summed E-state index contributed by atoms with van der Waals surface area (Å²) in [6.07, 6.45) is -0.729. The number of rotatable bonds is 5. The van der Waals surface area contributed by atoms with Gasteiger partial charge in [0.15, 0.2) is 0 Å². The number of benzene rings is 1. The van der Waals surface area contributed by atoms with Crippen molar-refractivity contribution in [2.75, 3.05) is 13.1 Å². The standard InChI is InChI=1S/C17H23F3N2O.ClH/c1-12(13-5-4-6-14(11-13)17(18,19)20)8-10-22-16(23)15-7-2-3-9-21-15;/h4-6,11-12,15,21H,2-3,7-10H2,1H3,(H,22,23);1H. The van der Waals surface area contributed by atoms with E-state index in [1.807, 2.05) is 6.92 Å². The average Bonchev–Trinajstić information content (AvgIpc) is 2.54. The average molecular weight is 365 g/mol. The molecule has 0 aromatic heterocycles. The van der Waals surface area contributed by atoms with Crippen molar-refractivity contribution in [3.05, 3.63) is 35.4 Å². The molecule has 2 atom stereocenters. The molecule has 1 amide bonds. The molecule has 2 rings (SSSR count). The molecule has 0 saturated carbocycles. The highest BCUT2D eigenvalue weighted by Crippen LogP contribution is 2.31. The van der Waals surface area contributed by atoms with Gasteiger partial charge in [0.1, 0.15) is 0 Å². The van der Waals surface area contributed by atoms with Crippen molar-refractivity contribution in [2.45, 2.75) is 50.7 Å². The molecule has 1 aromatic carbocycles. The van der Waals surface area contributed by atoms with Crippen LogP contribution in [0, 0.1) is 0 Å². The van der Waals surface area contributed by atoms with E-state index < -0.39 is 11.7 Å². The zero-order valence-corrected chi connectivity index (χ0v) is 14.5. The maximum Gasteiger partial charge on any atom is 0.416 e. The molecule has 1 fully saturated rings. The predicted octanol–water partition coefficient (Wildman–Crippen LogP) is 3.88. The predicted molar refractivity (Wildman–Crippen MR) is 90.4 cm³/mol. The summed E-state index contributed by atoms with van der Waals surface area (Å²) in [6.45, 7) is 3.20. The van der Waals surface area contributed by atoms with Gasteiger partial charge in [-0.1, -0.05) is 31.5 Å². The Hall–Kier alpha value is -1.27. The molecule has 2 unspecified atom stereocenters. The highest BCUT2D eigenvalue weighted by Gasteiger charge is 2.30. The minimum Gasteiger partial charge on any atom is -0.355 e. The van der Waals surface area contributed by atoms with Gasteiger partial charge < -0.3 is 10.6 Å². The molecule has 136 valence electrons. The molecule has 7 heteroatoms. The summed E-state index contributed by atoms with van der Waals surface area (Å²) in [7, 11) is 0. The number of piperidine rings is 1. The van der Waals surface area contributed by atoms with Crippen LogP contribution >= 0.6 is 12.4 Å². The van der Waals surface area contributed by atoms with E-state index >= 15 is 0 Å².